The van der Waals surface area contributed by atoms with E-state index < -0.39 is 23.5 Å². The molecule has 0 saturated heterocycles. The molecule has 0 unspecified atom stereocenters. The van der Waals surface area contributed by atoms with Crippen molar-refractivity contribution in [2.75, 3.05) is 5.73 Å². The number of aromatic hydroxyl groups is 1. The number of anilines is 1. The molecule has 8 nitrogen and oxygen atoms in total. The largest absolute Gasteiger partial charge is 0.493 e. The molecule has 1 aromatic rings. The van der Waals surface area contributed by atoms with Crippen molar-refractivity contribution < 1.29 is 20.1 Å². The first kappa shape index (κ1) is 13.0. The fourth-order valence-corrected chi connectivity index (χ4v) is 1.32. The molecule has 0 aliphatic carbocycles. The number of hydrogen-bond donors (Lipinski definition) is 5. The zero-order valence-corrected chi connectivity index (χ0v) is 8.88. The van der Waals surface area contributed by atoms with E-state index in [1.165, 1.54) is 0 Å². The lowest BCUT2D eigenvalue weighted by molar-refractivity contribution is -0.146. The predicted molar refractivity (Wildman–Crippen MR) is 57.5 cm³/mol. The van der Waals surface area contributed by atoms with E-state index >= 15 is 0 Å². The SMILES string of the molecule is Nc1nc(O)c(CCC[C@H](O)C(=O)O)c(=O)[nH]1. The van der Waals surface area contributed by atoms with E-state index in [9.17, 15) is 14.7 Å². The molecule has 0 radical (unpaired) electrons. The van der Waals surface area contributed by atoms with Crippen LogP contribution in [-0.4, -0.2) is 37.4 Å². The quantitative estimate of drug-likeness (QED) is 0.437. The molecule has 1 aromatic heterocycles. The minimum atomic E-state index is -1.47. The fourth-order valence-electron chi connectivity index (χ4n) is 1.32. The number of rotatable bonds is 5. The average molecular weight is 243 g/mol. The topological polar surface area (TPSA) is 150 Å². The van der Waals surface area contributed by atoms with E-state index in [1.54, 1.807) is 0 Å². The molecule has 0 bridgehead atoms. The van der Waals surface area contributed by atoms with Gasteiger partial charge in [-0.05, 0) is 19.3 Å². The summed E-state index contributed by atoms with van der Waals surface area (Å²) >= 11 is 0. The molecule has 94 valence electrons. The lowest BCUT2D eigenvalue weighted by Gasteiger charge is -2.05. The van der Waals surface area contributed by atoms with Crippen LogP contribution in [0.2, 0.25) is 0 Å². The Labute approximate surface area is 95.7 Å². The van der Waals surface area contributed by atoms with Crippen LogP contribution in [0, 0.1) is 0 Å². The van der Waals surface area contributed by atoms with Crippen LogP contribution >= 0.6 is 0 Å². The Kier molecular flexibility index (Phi) is 4.05. The van der Waals surface area contributed by atoms with E-state index in [0.29, 0.717) is 0 Å². The third-order valence-electron chi connectivity index (χ3n) is 2.20. The van der Waals surface area contributed by atoms with E-state index in [2.05, 4.69) is 9.97 Å². The Balaban J connectivity index is 2.64. The number of aliphatic carboxylic acids is 1. The predicted octanol–water partition coefficient (Wildman–Crippen LogP) is -1.17. The second kappa shape index (κ2) is 5.30. The van der Waals surface area contributed by atoms with Crippen molar-refractivity contribution in [3.8, 4) is 5.88 Å². The third-order valence-corrected chi connectivity index (χ3v) is 2.20. The lowest BCUT2D eigenvalue weighted by Crippen LogP contribution is -2.20. The smallest absolute Gasteiger partial charge is 0.332 e. The highest BCUT2D eigenvalue weighted by atomic mass is 16.4. The Hall–Kier alpha value is -2.09. The van der Waals surface area contributed by atoms with E-state index in [-0.39, 0.29) is 30.8 Å². The summed E-state index contributed by atoms with van der Waals surface area (Å²) in [6, 6.07) is 0. The van der Waals surface area contributed by atoms with Crippen LogP contribution in [0.3, 0.4) is 0 Å². The summed E-state index contributed by atoms with van der Waals surface area (Å²) in [6.45, 7) is 0. The third kappa shape index (κ3) is 3.45. The van der Waals surface area contributed by atoms with Crippen molar-refractivity contribution >= 4 is 11.9 Å². The molecule has 1 heterocycles. The summed E-state index contributed by atoms with van der Waals surface area (Å²) in [4.78, 5) is 27.4. The molecule has 1 rings (SSSR count). The molecular formula is C9H13N3O5. The molecule has 0 spiro atoms. The van der Waals surface area contributed by atoms with Gasteiger partial charge in [-0.15, -0.1) is 0 Å². The standard InChI is InChI=1S/C9H13N3O5/c10-9-11-6(14)4(7(15)12-9)2-1-3-5(13)8(16)17/h5,13H,1-3H2,(H,16,17)(H4,10,11,12,14,15)/t5-/m0/s1. The summed E-state index contributed by atoms with van der Waals surface area (Å²) in [5.74, 6) is -1.99. The van der Waals surface area contributed by atoms with Gasteiger partial charge in [0.25, 0.3) is 5.56 Å². The molecule has 0 aromatic carbocycles. The highest BCUT2D eigenvalue weighted by Gasteiger charge is 2.14. The monoisotopic (exact) mass is 243 g/mol. The zero-order chi connectivity index (χ0) is 13.0. The van der Waals surface area contributed by atoms with Gasteiger partial charge < -0.3 is 21.1 Å². The number of carboxylic acids is 1. The van der Waals surface area contributed by atoms with Gasteiger partial charge in [-0.2, -0.15) is 4.98 Å². The molecule has 0 aliphatic rings. The molecule has 0 amide bonds. The molecule has 17 heavy (non-hydrogen) atoms. The number of nitrogens with zero attached hydrogens (tertiary/aromatic N) is 1. The second-order valence-electron chi connectivity index (χ2n) is 3.50. The van der Waals surface area contributed by atoms with Crippen molar-refractivity contribution in [2.45, 2.75) is 25.4 Å². The normalized spacial score (nSPS) is 12.3. The zero-order valence-electron chi connectivity index (χ0n) is 8.88. The summed E-state index contributed by atoms with van der Waals surface area (Å²) in [6.07, 6.45) is -1.15. The number of carboxylic acid groups (broad SMARTS) is 1. The van der Waals surface area contributed by atoms with Crippen LogP contribution in [0.4, 0.5) is 5.95 Å². The van der Waals surface area contributed by atoms with E-state index in [0.717, 1.165) is 0 Å². The van der Waals surface area contributed by atoms with Gasteiger partial charge in [0.1, 0.15) is 0 Å². The van der Waals surface area contributed by atoms with Gasteiger partial charge in [0.05, 0.1) is 5.56 Å². The van der Waals surface area contributed by atoms with Crippen molar-refractivity contribution in [3.63, 3.8) is 0 Å². The maximum absolute atomic E-state index is 11.4. The van der Waals surface area contributed by atoms with Gasteiger partial charge in [-0.3, -0.25) is 9.78 Å². The Morgan fingerprint density at radius 3 is 2.71 bits per heavy atom. The number of nitrogens with two attached hydrogens (primary N) is 1. The lowest BCUT2D eigenvalue weighted by atomic mass is 10.1. The summed E-state index contributed by atoms with van der Waals surface area (Å²) in [5.41, 5.74) is 4.66. The molecule has 1 atom stereocenters. The number of carbonyl (C=O) groups is 1. The summed E-state index contributed by atoms with van der Waals surface area (Å²) < 4.78 is 0. The van der Waals surface area contributed by atoms with Crippen molar-refractivity contribution in [1.29, 1.82) is 0 Å². The van der Waals surface area contributed by atoms with Crippen LogP contribution in [-0.2, 0) is 11.2 Å². The summed E-state index contributed by atoms with van der Waals surface area (Å²) in [7, 11) is 0. The molecular weight excluding hydrogens is 230 g/mol. The van der Waals surface area contributed by atoms with E-state index in [4.69, 9.17) is 15.9 Å². The number of aromatic nitrogens is 2. The maximum Gasteiger partial charge on any atom is 0.332 e. The van der Waals surface area contributed by atoms with Gasteiger partial charge in [-0.1, -0.05) is 0 Å². The summed E-state index contributed by atoms with van der Waals surface area (Å²) in [5, 5.41) is 26.8. The number of H-pyrrole nitrogens is 1. The molecule has 0 aliphatic heterocycles. The number of nitrogen functional groups attached to an aromatic ring is 1. The van der Waals surface area contributed by atoms with Gasteiger partial charge in [0.15, 0.2) is 6.10 Å². The maximum atomic E-state index is 11.4. The first-order valence-electron chi connectivity index (χ1n) is 4.90. The number of nitrogens with one attached hydrogen (secondary N) is 1. The van der Waals surface area contributed by atoms with Crippen LogP contribution < -0.4 is 11.3 Å². The second-order valence-corrected chi connectivity index (χ2v) is 3.50. The van der Waals surface area contributed by atoms with Crippen molar-refractivity contribution in [3.05, 3.63) is 15.9 Å². The average Bonchev–Trinajstić information content (AvgIpc) is 2.21. The van der Waals surface area contributed by atoms with Crippen LogP contribution in [0.15, 0.2) is 4.79 Å². The Bertz CT molecular complexity index is 470. The fraction of sp³-hybridized carbons (Fsp3) is 0.444. The van der Waals surface area contributed by atoms with Crippen LogP contribution in [0.1, 0.15) is 18.4 Å². The number of aliphatic hydroxyl groups excluding tert-OH is 1. The highest BCUT2D eigenvalue weighted by Crippen LogP contribution is 2.12. The minimum Gasteiger partial charge on any atom is -0.493 e. The van der Waals surface area contributed by atoms with Gasteiger partial charge >= 0.3 is 5.97 Å². The van der Waals surface area contributed by atoms with Crippen LogP contribution in [0.5, 0.6) is 5.88 Å². The van der Waals surface area contributed by atoms with Crippen molar-refractivity contribution in [2.24, 2.45) is 0 Å². The molecule has 0 saturated carbocycles. The first-order valence-corrected chi connectivity index (χ1v) is 4.90. The molecule has 0 fully saturated rings. The number of hydrogen-bond acceptors (Lipinski definition) is 6. The van der Waals surface area contributed by atoms with Gasteiger partial charge in [-0.25, -0.2) is 4.79 Å². The highest BCUT2D eigenvalue weighted by molar-refractivity contribution is 5.71. The Morgan fingerprint density at radius 2 is 2.18 bits per heavy atom. The minimum absolute atomic E-state index is 0.0153. The van der Waals surface area contributed by atoms with Crippen LogP contribution in [0.25, 0.3) is 0 Å². The molecule has 6 N–H and O–H groups in total. The Morgan fingerprint density at radius 1 is 1.53 bits per heavy atom. The van der Waals surface area contributed by atoms with E-state index in [1.807, 2.05) is 0 Å². The van der Waals surface area contributed by atoms with Gasteiger partial charge in [0, 0.05) is 0 Å². The molecule has 8 heteroatoms. The van der Waals surface area contributed by atoms with Crippen molar-refractivity contribution in [1.82, 2.24) is 9.97 Å². The first-order chi connectivity index (χ1) is 7.91. The van der Waals surface area contributed by atoms with Gasteiger partial charge in [0.2, 0.25) is 11.8 Å². The number of aliphatic hydroxyl groups is 1. The number of aromatic amines is 1.